The summed E-state index contributed by atoms with van der Waals surface area (Å²) in [5.41, 5.74) is 6.28. The second kappa shape index (κ2) is 7.04. The number of nitrogens with zero attached hydrogens (tertiary/aromatic N) is 1. The molecule has 114 valence electrons. The van der Waals surface area contributed by atoms with Gasteiger partial charge in [-0.2, -0.15) is 0 Å². The van der Waals surface area contributed by atoms with E-state index in [-0.39, 0.29) is 9.92 Å². The minimum Gasteiger partial charge on any atom is -0.349 e. The maximum Gasteiger partial charge on any atom is 0.242 e. The summed E-state index contributed by atoms with van der Waals surface area (Å²) in [6, 6.07) is 4.70. The second-order valence-electron chi connectivity index (χ2n) is 4.51. The highest BCUT2D eigenvalue weighted by Gasteiger charge is 2.17. The number of sulfonamides is 1. The number of nitrogens with two attached hydrogens (primary N) is 1. The minimum atomic E-state index is -3.61. The Bertz CT molecular complexity index is 686. The van der Waals surface area contributed by atoms with Crippen LogP contribution in [0.25, 0.3) is 0 Å². The molecule has 8 heteroatoms. The van der Waals surface area contributed by atoms with Gasteiger partial charge >= 0.3 is 0 Å². The predicted molar refractivity (Wildman–Crippen MR) is 81.4 cm³/mol. The molecule has 0 amide bonds. The van der Waals surface area contributed by atoms with E-state index in [1.54, 1.807) is 24.5 Å². The van der Waals surface area contributed by atoms with Crippen LogP contribution < -0.4 is 10.5 Å². The Morgan fingerprint density at radius 2 is 2.19 bits per heavy atom. The number of benzene rings is 1. The summed E-state index contributed by atoms with van der Waals surface area (Å²) in [7, 11) is -3.61. The van der Waals surface area contributed by atoms with E-state index >= 15 is 0 Å². The molecule has 0 fully saturated rings. The molecule has 6 nitrogen and oxygen atoms in total. The smallest absolute Gasteiger partial charge is 0.242 e. The highest BCUT2D eigenvalue weighted by Crippen LogP contribution is 2.22. The monoisotopic (exact) mass is 328 g/mol. The molecule has 21 heavy (non-hydrogen) atoms. The molecule has 0 saturated heterocycles. The quantitative estimate of drug-likeness (QED) is 0.669. The van der Waals surface area contributed by atoms with Gasteiger partial charge in [0.15, 0.2) is 0 Å². The molecule has 0 unspecified atom stereocenters. The molecule has 0 bridgehead atoms. The maximum atomic E-state index is 12.2. The summed E-state index contributed by atoms with van der Waals surface area (Å²) < 4.78 is 26.9. The zero-order chi connectivity index (χ0) is 15.3. The van der Waals surface area contributed by atoms with Crippen LogP contribution >= 0.6 is 11.6 Å². The predicted octanol–water partition coefficient (Wildman–Crippen LogP) is 1.43. The van der Waals surface area contributed by atoms with Crippen molar-refractivity contribution in [3.63, 3.8) is 0 Å². The van der Waals surface area contributed by atoms with Crippen molar-refractivity contribution >= 4 is 21.6 Å². The highest BCUT2D eigenvalue weighted by atomic mass is 35.5. The van der Waals surface area contributed by atoms with E-state index in [1.807, 2.05) is 0 Å². The summed E-state index contributed by atoms with van der Waals surface area (Å²) in [6.07, 6.45) is 4.72. The van der Waals surface area contributed by atoms with Gasteiger partial charge < -0.3 is 10.7 Å². The van der Waals surface area contributed by atoms with E-state index in [0.717, 1.165) is 11.4 Å². The summed E-state index contributed by atoms with van der Waals surface area (Å²) in [5.74, 6) is 0.833. The topological polar surface area (TPSA) is 101 Å². The Hall–Kier alpha value is -1.41. The molecule has 0 aliphatic carbocycles. The molecule has 0 spiro atoms. The number of hydrogen-bond acceptors (Lipinski definition) is 4. The van der Waals surface area contributed by atoms with Crippen molar-refractivity contribution in [1.82, 2.24) is 14.7 Å². The number of aromatic nitrogens is 2. The fourth-order valence-electron chi connectivity index (χ4n) is 1.86. The Morgan fingerprint density at radius 1 is 1.38 bits per heavy atom. The summed E-state index contributed by atoms with van der Waals surface area (Å²) in [6.45, 7) is 0.634. The van der Waals surface area contributed by atoms with Gasteiger partial charge in [0.25, 0.3) is 0 Å². The molecule has 0 saturated carbocycles. The fraction of sp³-hybridized carbons (Fsp3) is 0.308. The van der Waals surface area contributed by atoms with Crippen LogP contribution in [0.2, 0.25) is 5.02 Å². The first-order valence-corrected chi connectivity index (χ1v) is 8.35. The van der Waals surface area contributed by atoms with Crippen LogP contribution in [0.3, 0.4) is 0 Å². The third-order valence-electron chi connectivity index (χ3n) is 2.96. The lowest BCUT2D eigenvalue weighted by Crippen LogP contribution is -2.25. The summed E-state index contributed by atoms with van der Waals surface area (Å²) in [5, 5.41) is 0.177. The van der Waals surface area contributed by atoms with Crippen LogP contribution in [0.1, 0.15) is 17.8 Å². The first-order chi connectivity index (χ1) is 10.0. The molecular weight excluding hydrogens is 312 g/mol. The van der Waals surface area contributed by atoms with Crippen molar-refractivity contribution in [2.75, 3.05) is 6.54 Å². The summed E-state index contributed by atoms with van der Waals surface area (Å²) in [4.78, 5) is 7.11. The molecule has 1 heterocycles. The molecule has 0 aliphatic rings. The van der Waals surface area contributed by atoms with Gasteiger partial charge in [-0.05, 0) is 24.1 Å². The van der Waals surface area contributed by atoms with Crippen LogP contribution in [0.15, 0.2) is 35.5 Å². The van der Waals surface area contributed by atoms with E-state index in [1.165, 1.54) is 6.07 Å². The largest absolute Gasteiger partial charge is 0.349 e. The van der Waals surface area contributed by atoms with E-state index in [2.05, 4.69) is 14.7 Å². The number of imidazole rings is 1. The van der Waals surface area contributed by atoms with Gasteiger partial charge in [0.1, 0.15) is 10.7 Å². The molecule has 0 radical (unpaired) electrons. The molecule has 2 aromatic rings. The zero-order valence-corrected chi connectivity index (χ0v) is 12.9. The summed E-state index contributed by atoms with van der Waals surface area (Å²) >= 11 is 6.00. The first-order valence-electron chi connectivity index (χ1n) is 6.49. The Balaban J connectivity index is 1.95. The van der Waals surface area contributed by atoms with Crippen LogP contribution in [0.4, 0.5) is 0 Å². The van der Waals surface area contributed by atoms with Gasteiger partial charge in [0, 0.05) is 31.9 Å². The SMILES string of the molecule is NCc1ccc(S(=O)(=O)NCCCc2ncc[nH]2)c(Cl)c1. The number of H-pyrrole nitrogens is 1. The molecular formula is C13H17ClN4O2S. The first kappa shape index (κ1) is 16.0. The van der Waals surface area contributed by atoms with Crippen molar-refractivity contribution in [3.05, 3.63) is 47.0 Å². The van der Waals surface area contributed by atoms with Crippen LogP contribution in [0, 0.1) is 0 Å². The van der Waals surface area contributed by atoms with Crippen molar-refractivity contribution in [2.24, 2.45) is 5.73 Å². The number of aromatic amines is 1. The normalized spacial score (nSPS) is 11.7. The molecule has 4 N–H and O–H groups in total. The zero-order valence-electron chi connectivity index (χ0n) is 11.3. The van der Waals surface area contributed by atoms with Gasteiger partial charge in [0.2, 0.25) is 10.0 Å². The van der Waals surface area contributed by atoms with Crippen molar-refractivity contribution in [1.29, 1.82) is 0 Å². The average molecular weight is 329 g/mol. The van der Waals surface area contributed by atoms with Crippen molar-refractivity contribution in [2.45, 2.75) is 24.3 Å². The van der Waals surface area contributed by atoms with Crippen molar-refractivity contribution in [3.8, 4) is 0 Å². The Kier molecular flexibility index (Phi) is 5.35. The third-order valence-corrected chi connectivity index (χ3v) is 4.90. The van der Waals surface area contributed by atoms with Crippen LogP contribution in [-0.4, -0.2) is 24.9 Å². The number of hydrogen-bond donors (Lipinski definition) is 3. The number of halogens is 1. The molecule has 0 aliphatic heterocycles. The number of nitrogens with one attached hydrogen (secondary N) is 2. The lowest BCUT2D eigenvalue weighted by molar-refractivity contribution is 0.578. The van der Waals surface area contributed by atoms with Gasteiger partial charge in [0.05, 0.1) is 5.02 Å². The van der Waals surface area contributed by atoms with Gasteiger partial charge in [-0.1, -0.05) is 17.7 Å². The van der Waals surface area contributed by atoms with Crippen molar-refractivity contribution < 1.29 is 8.42 Å². The Labute approximate surface area is 128 Å². The minimum absolute atomic E-state index is 0.0689. The van der Waals surface area contributed by atoms with Crippen LogP contribution in [0.5, 0.6) is 0 Å². The highest BCUT2D eigenvalue weighted by molar-refractivity contribution is 7.89. The van der Waals surface area contributed by atoms with Gasteiger partial charge in [-0.25, -0.2) is 18.1 Å². The molecule has 2 rings (SSSR count). The molecule has 0 atom stereocenters. The van der Waals surface area contributed by atoms with E-state index in [4.69, 9.17) is 17.3 Å². The maximum absolute atomic E-state index is 12.2. The van der Waals surface area contributed by atoms with E-state index in [0.29, 0.717) is 25.9 Å². The van der Waals surface area contributed by atoms with Gasteiger partial charge in [-0.3, -0.25) is 0 Å². The lowest BCUT2D eigenvalue weighted by atomic mass is 10.2. The van der Waals surface area contributed by atoms with Gasteiger partial charge in [-0.15, -0.1) is 0 Å². The van der Waals surface area contributed by atoms with E-state index in [9.17, 15) is 8.42 Å². The Morgan fingerprint density at radius 3 is 2.81 bits per heavy atom. The fourth-order valence-corrected chi connectivity index (χ4v) is 3.50. The third kappa shape index (κ3) is 4.28. The standard InChI is InChI=1S/C13H17ClN4O2S/c14-11-8-10(9-15)3-4-12(11)21(19,20)18-5-1-2-13-16-6-7-17-13/h3-4,6-8,18H,1-2,5,9,15H2,(H,16,17). The average Bonchev–Trinajstić information content (AvgIpc) is 2.96. The van der Waals surface area contributed by atoms with E-state index < -0.39 is 10.0 Å². The molecule has 1 aromatic heterocycles. The second-order valence-corrected chi connectivity index (χ2v) is 6.65. The number of rotatable bonds is 7. The number of aryl methyl sites for hydroxylation is 1. The molecule has 1 aromatic carbocycles. The lowest BCUT2D eigenvalue weighted by Gasteiger charge is -2.09. The van der Waals surface area contributed by atoms with Crippen LogP contribution in [-0.2, 0) is 23.0 Å².